The number of rotatable bonds is 30. The van der Waals surface area contributed by atoms with Crippen molar-refractivity contribution in [2.45, 2.75) is 181 Å². The average Bonchev–Trinajstić information content (AvgIpc) is 2.92. The molecule has 0 aliphatic rings. The van der Waals surface area contributed by atoms with Crippen LogP contribution >= 0.6 is 0 Å². The quantitative estimate of drug-likeness (QED) is 0.0663. The summed E-state index contributed by atoms with van der Waals surface area (Å²) in [4.78, 5) is 2.13. The molecule has 0 unspecified atom stereocenters. The predicted octanol–water partition coefficient (Wildman–Crippen LogP) is 13.2. The number of hydrogen-bond donors (Lipinski definition) is 0. The molecule has 222 valence electrons. The first-order valence-electron chi connectivity index (χ1n) is 17.2. The van der Waals surface area contributed by atoms with Crippen LogP contribution in [0.2, 0.25) is 0 Å². The van der Waals surface area contributed by atoms with Crippen molar-refractivity contribution in [3.63, 3.8) is 0 Å². The van der Waals surface area contributed by atoms with Crippen molar-refractivity contribution in [1.29, 1.82) is 0 Å². The van der Waals surface area contributed by atoms with Gasteiger partial charge in [0.2, 0.25) is 0 Å². The van der Waals surface area contributed by atoms with E-state index < -0.39 is 0 Å². The normalized spacial score (nSPS) is 12.3. The topological polar surface area (TPSA) is 3.24 Å². The van der Waals surface area contributed by atoms with Crippen LogP contribution in [0.3, 0.4) is 0 Å². The highest BCUT2D eigenvalue weighted by Gasteiger charge is 1.94. The summed E-state index contributed by atoms with van der Waals surface area (Å²) in [6.07, 6.45) is 54.2. The van der Waals surface area contributed by atoms with E-state index in [2.05, 4.69) is 74.7 Å². The average molecular weight is 528 g/mol. The molecular formula is C37H69N. The summed E-state index contributed by atoms with van der Waals surface area (Å²) in [5, 5.41) is 0. The van der Waals surface area contributed by atoms with E-state index in [4.69, 9.17) is 0 Å². The van der Waals surface area contributed by atoms with Crippen molar-refractivity contribution in [3.8, 4) is 0 Å². The molecule has 0 aromatic heterocycles. The Morgan fingerprint density at radius 3 is 0.895 bits per heavy atom. The van der Waals surface area contributed by atoms with Crippen LogP contribution in [-0.4, -0.2) is 11.9 Å². The lowest BCUT2D eigenvalue weighted by Crippen LogP contribution is -1.98. The van der Waals surface area contributed by atoms with Crippen molar-refractivity contribution >= 4 is 0 Å². The van der Waals surface area contributed by atoms with Gasteiger partial charge in [-0.15, -0.1) is 0 Å². The summed E-state index contributed by atoms with van der Waals surface area (Å²) in [5.41, 5.74) is 0. The summed E-state index contributed by atoms with van der Waals surface area (Å²) in [6, 6.07) is 0. The van der Waals surface area contributed by atoms with Gasteiger partial charge < -0.3 is 4.90 Å². The number of nitrogens with zero attached hydrogens (tertiary/aromatic N) is 1. The predicted molar refractivity (Wildman–Crippen MR) is 176 cm³/mol. The van der Waals surface area contributed by atoms with E-state index in [1.807, 2.05) is 0 Å². The minimum absolute atomic E-state index is 1.21. The van der Waals surface area contributed by atoms with E-state index in [-0.39, 0.29) is 0 Å². The molecule has 38 heavy (non-hydrogen) atoms. The fourth-order valence-electron chi connectivity index (χ4n) is 4.98. The lowest BCUT2D eigenvalue weighted by molar-refractivity contribution is 0.545. The second kappa shape index (κ2) is 33.8. The first kappa shape index (κ1) is 36.8. The Balaban J connectivity index is 3.43. The largest absolute Gasteiger partial charge is 0.357 e. The van der Waals surface area contributed by atoms with Gasteiger partial charge in [0.15, 0.2) is 0 Å². The van der Waals surface area contributed by atoms with Crippen LogP contribution in [0.5, 0.6) is 0 Å². The van der Waals surface area contributed by atoms with Crippen LogP contribution in [0.4, 0.5) is 0 Å². The second-order valence-electron chi connectivity index (χ2n) is 11.6. The zero-order valence-electron chi connectivity index (χ0n) is 26.5. The zero-order valence-corrected chi connectivity index (χ0v) is 26.5. The fourth-order valence-corrected chi connectivity index (χ4v) is 4.98. The van der Waals surface area contributed by atoms with Gasteiger partial charge in [0.25, 0.3) is 0 Å². The summed E-state index contributed by atoms with van der Waals surface area (Å²) in [7, 11) is 2.10. The number of allylic oxidation sites excluding steroid dienone is 6. The molecule has 0 atom stereocenters. The maximum atomic E-state index is 2.32. The maximum Gasteiger partial charge on any atom is 0.0106 e. The molecule has 0 aliphatic carbocycles. The Kier molecular flexibility index (Phi) is 32.7. The molecule has 0 aromatic carbocycles. The summed E-state index contributed by atoms with van der Waals surface area (Å²) < 4.78 is 0. The highest BCUT2D eigenvalue weighted by molar-refractivity contribution is 5.06. The Labute approximate surface area is 241 Å². The Morgan fingerprint density at radius 2 is 0.605 bits per heavy atom. The van der Waals surface area contributed by atoms with Crippen LogP contribution in [0.25, 0.3) is 0 Å². The molecule has 0 spiro atoms. The molecule has 0 bridgehead atoms. The SMILES string of the molecule is CCCCCCCCCCCCCCC=CC=CN(C)C=CC=CCCCCCCCCCCCCCC. The molecule has 0 saturated carbocycles. The third-order valence-corrected chi connectivity index (χ3v) is 7.59. The minimum Gasteiger partial charge on any atom is -0.357 e. The van der Waals surface area contributed by atoms with E-state index in [1.54, 1.807) is 0 Å². The third-order valence-electron chi connectivity index (χ3n) is 7.59. The molecule has 0 radical (unpaired) electrons. The van der Waals surface area contributed by atoms with Crippen LogP contribution < -0.4 is 0 Å². The van der Waals surface area contributed by atoms with E-state index in [0.717, 1.165) is 0 Å². The van der Waals surface area contributed by atoms with E-state index in [1.165, 1.54) is 167 Å². The molecule has 0 N–H and O–H groups in total. The Bertz CT molecular complexity index is 493. The van der Waals surface area contributed by atoms with E-state index >= 15 is 0 Å². The molecule has 1 heteroatoms. The van der Waals surface area contributed by atoms with Gasteiger partial charge in [-0.1, -0.05) is 179 Å². The fraction of sp³-hybridized carbons (Fsp3) is 0.784. The lowest BCUT2D eigenvalue weighted by Gasteiger charge is -2.04. The van der Waals surface area contributed by atoms with Gasteiger partial charge in [0, 0.05) is 19.4 Å². The van der Waals surface area contributed by atoms with Crippen LogP contribution in [0, 0.1) is 0 Å². The van der Waals surface area contributed by atoms with Crippen molar-refractivity contribution in [2.24, 2.45) is 0 Å². The Hall–Kier alpha value is -1.24. The van der Waals surface area contributed by atoms with E-state index in [9.17, 15) is 0 Å². The van der Waals surface area contributed by atoms with Gasteiger partial charge in [0.1, 0.15) is 0 Å². The highest BCUT2D eigenvalue weighted by Crippen LogP contribution is 2.14. The molecule has 0 rings (SSSR count). The molecule has 0 fully saturated rings. The van der Waals surface area contributed by atoms with Gasteiger partial charge in [0.05, 0.1) is 0 Å². The first-order chi connectivity index (χ1) is 18.8. The van der Waals surface area contributed by atoms with Crippen molar-refractivity contribution in [1.82, 2.24) is 4.90 Å². The first-order valence-corrected chi connectivity index (χ1v) is 17.2. The summed E-state index contributed by atoms with van der Waals surface area (Å²) in [5.74, 6) is 0. The van der Waals surface area contributed by atoms with Gasteiger partial charge in [-0.05, 0) is 37.8 Å². The molecule has 0 heterocycles. The minimum atomic E-state index is 1.21. The number of unbranched alkanes of at least 4 members (excludes halogenated alkanes) is 24. The summed E-state index contributed by atoms with van der Waals surface area (Å²) >= 11 is 0. The zero-order chi connectivity index (χ0) is 27.6. The smallest absolute Gasteiger partial charge is 0.0106 e. The molecule has 1 nitrogen and oxygen atoms in total. The molecule has 0 aromatic rings. The molecule has 0 amide bonds. The second-order valence-corrected chi connectivity index (χ2v) is 11.6. The van der Waals surface area contributed by atoms with Gasteiger partial charge in [-0.2, -0.15) is 0 Å². The van der Waals surface area contributed by atoms with Crippen molar-refractivity contribution in [2.75, 3.05) is 7.05 Å². The van der Waals surface area contributed by atoms with Gasteiger partial charge in [-0.3, -0.25) is 0 Å². The molecular weight excluding hydrogens is 458 g/mol. The van der Waals surface area contributed by atoms with Gasteiger partial charge in [-0.25, -0.2) is 0 Å². The van der Waals surface area contributed by atoms with Crippen LogP contribution in [0.15, 0.2) is 48.9 Å². The summed E-state index contributed by atoms with van der Waals surface area (Å²) in [6.45, 7) is 4.59. The van der Waals surface area contributed by atoms with Crippen molar-refractivity contribution < 1.29 is 0 Å². The third kappa shape index (κ3) is 32.8. The van der Waals surface area contributed by atoms with Crippen LogP contribution in [-0.2, 0) is 0 Å². The monoisotopic (exact) mass is 528 g/mol. The van der Waals surface area contributed by atoms with Crippen molar-refractivity contribution in [3.05, 3.63) is 48.9 Å². The molecule has 0 aliphatic heterocycles. The lowest BCUT2D eigenvalue weighted by atomic mass is 10.0. The highest BCUT2D eigenvalue weighted by atomic mass is 15.0. The Morgan fingerprint density at radius 1 is 0.342 bits per heavy atom. The van der Waals surface area contributed by atoms with Gasteiger partial charge >= 0.3 is 0 Å². The number of hydrogen-bond acceptors (Lipinski definition) is 1. The van der Waals surface area contributed by atoms with Crippen LogP contribution in [0.1, 0.15) is 181 Å². The maximum absolute atomic E-state index is 2.32. The molecule has 0 saturated heterocycles. The standard InChI is InChI=1S/C37H69N/c1-4-6-8-10-12-14-16-18-20-22-24-26-28-30-32-34-36-38(3)37-35-33-31-29-27-25-23-21-19-17-15-13-11-9-7-5-2/h30-37H,4-29H2,1-3H3. The van der Waals surface area contributed by atoms with E-state index in [0.29, 0.717) is 0 Å².